The number of aliphatic carboxylic acids is 1. The third-order valence-electron chi connectivity index (χ3n) is 5.10. The molecular weight excluding hydrogens is 240 g/mol. The maximum absolute atomic E-state index is 11.7. The van der Waals surface area contributed by atoms with Gasteiger partial charge in [0.05, 0.1) is 5.41 Å². The van der Waals surface area contributed by atoms with Crippen molar-refractivity contribution in [1.82, 2.24) is 9.80 Å². The van der Waals surface area contributed by atoms with Crippen LogP contribution in [0.2, 0.25) is 0 Å². The predicted octanol–water partition coefficient (Wildman–Crippen LogP) is 1.90. The number of carbonyl (C=O) groups is 1. The Balaban J connectivity index is 2.01. The van der Waals surface area contributed by atoms with Crippen LogP contribution in [0.3, 0.4) is 0 Å². The molecule has 4 nitrogen and oxygen atoms in total. The summed E-state index contributed by atoms with van der Waals surface area (Å²) in [6.45, 7) is 5.08. The third kappa shape index (κ3) is 3.11. The highest BCUT2D eigenvalue weighted by atomic mass is 16.4. The van der Waals surface area contributed by atoms with E-state index in [9.17, 15) is 9.90 Å². The van der Waals surface area contributed by atoms with Crippen molar-refractivity contribution >= 4 is 5.97 Å². The number of rotatable bonds is 4. The Morgan fingerprint density at radius 1 is 1.26 bits per heavy atom. The summed E-state index contributed by atoms with van der Waals surface area (Å²) in [5.74, 6) is 0.0533. The number of likely N-dealkylation sites (tertiary alicyclic amines) is 1. The number of carboxylic acids is 1. The Hall–Kier alpha value is -0.610. The Morgan fingerprint density at radius 2 is 1.89 bits per heavy atom. The second kappa shape index (κ2) is 5.80. The number of likely N-dealkylation sites (N-methyl/N-ethyl adjacent to an activating group) is 1. The van der Waals surface area contributed by atoms with E-state index in [4.69, 9.17) is 0 Å². The first-order valence-electron chi connectivity index (χ1n) is 7.57. The van der Waals surface area contributed by atoms with Crippen molar-refractivity contribution in [2.45, 2.75) is 45.1 Å². The van der Waals surface area contributed by atoms with Gasteiger partial charge < -0.3 is 14.9 Å². The minimum absolute atomic E-state index is 0.473. The summed E-state index contributed by atoms with van der Waals surface area (Å²) >= 11 is 0. The molecular formula is C15H28N2O2. The summed E-state index contributed by atoms with van der Waals surface area (Å²) < 4.78 is 0. The van der Waals surface area contributed by atoms with E-state index in [1.54, 1.807) is 0 Å². The van der Waals surface area contributed by atoms with Crippen LogP contribution in [0.5, 0.6) is 0 Å². The summed E-state index contributed by atoms with van der Waals surface area (Å²) in [6, 6.07) is 0.564. The van der Waals surface area contributed by atoms with Gasteiger partial charge >= 0.3 is 5.97 Å². The lowest BCUT2D eigenvalue weighted by Crippen LogP contribution is -2.44. The minimum atomic E-state index is -0.576. The summed E-state index contributed by atoms with van der Waals surface area (Å²) in [6.07, 6.45) is 5.07. The van der Waals surface area contributed by atoms with Gasteiger partial charge in [0.1, 0.15) is 0 Å². The molecule has 4 heteroatoms. The Morgan fingerprint density at radius 3 is 2.37 bits per heavy atom. The van der Waals surface area contributed by atoms with Crippen LogP contribution in [0.1, 0.15) is 39.0 Å². The van der Waals surface area contributed by atoms with Crippen molar-refractivity contribution in [3.8, 4) is 0 Å². The highest BCUT2D eigenvalue weighted by Crippen LogP contribution is 2.38. The molecule has 2 unspecified atom stereocenters. The normalized spacial score (nSPS) is 31.8. The Labute approximate surface area is 116 Å². The lowest BCUT2D eigenvalue weighted by Gasteiger charge is -2.36. The van der Waals surface area contributed by atoms with E-state index in [1.165, 1.54) is 6.42 Å². The first-order chi connectivity index (χ1) is 8.94. The molecule has 2 fully saturated rings. The van der Waals surface area contributed by atoms with E-state index in [-0.39, 0.29) is 0 Å². The van der Waals surface area contributed by atoms with Gasteiger partial charge in [0.25, 0.3) is 0 Å². The van der Waals surface area contributed by atoms with Crippen LogP contribution >= 0.6 is 0 Å². The molecule has 2 atom stereocenters. The highest BCUT2D eigenvalue weighted by molar-refractivity contribution is 5.75. The van der Waals surface area contributed by atoms with Gasteiger partial charge in [-0.15, -0.1) is 0 Å². The minimum Gasteiger partial charge on any atom is -0.481 e. The van der Waals surface area contributed by atoms with Gasteiger partial charge in [0.15, 0.2) is 0 Å². The highest BCUT2D eigenvalue weighted by Gasteiger charge is 2.43. The topological polar surface area (TPSA) is 43.8 Å². The summed E-state index contributed by atoms with van der Waals surface area (Å²) in [5.41, 5.74) is -0.473. The van der Waals surface area contributed by atoms with E-state index < -0.39 is 11.4 Å². The Bertz CT molecular complexity index is 324. The maximum atomic E-state index is 11.7. The van der Waals surface area contributed by atoms with Crippen molar-refractivity contribution in [2.75, 3.05) is 33.7 Å². The van der Waals surface area contributed by atoms with Crippen LogP contribution in [0.15, 0.2) is 0 Å². The molecule has 1 aliphatic heterocycles. The van der Waals surface area contributed by atoms with Gasteiger partial charge in [0.2, 0.25) is 0 Å². The largest absolute Gasteiger partial charge is 0.481 e. The van der Waals surface area contributed by atoms with Crippen LogP contribution in [0.25, 0.3) is 0 Å². The van der Waals surface area contributed by atoms with Gasteiger partial charge in [-0.1, -0.05) is 26.2 Å². The van der Waals surface area contributed by atoms with Crippen LogP contribution < -0.4 is 0 Å². The zero-order valence-electron chi connectivity index (χ0n) is 12.6. The smallest absolute Gasteiger partial charge is 0.310 e. The summed E-state index contributed by atoms with van der Waals surface area (Å²) in [7, 11) is 4.25. The molecule has 0 bridgehead atoms. The van der Waals surface area contributed by atoms with Gasteiger partial charge in [0, 0.05) is 25.7 Å². The molecule has 1 saturated heterocycles. The quantitative estimate of drug-likeness (QED) is 0.846. The second-order valence-electron chi connectivity index (χ2n) is 6.85. The first-order valence-corrected chi connectivity index (χ1v) is 7.57. The van der Waals surface area contributed by atoms with Crippen molar-refractivity contribution in [2.24, 2.45) is 11.3 Å². The van der Waals surface area contributed by atoms with Crippen molar-refractivity contribution in [3.05, 3.63) is 0 Å². The lowest BCUT2D eigenvalue weighted by atomic mass is 9.73. The molecule has 1 heterocycles. The third-order valence-corrected chi connectivity index (χ3v) is 5.10. The zero-order valence-corrected chi connectivity index (χ0v) is 12.6. The summed E-state index contributed by atoms with van der Waals surface area (Å²) in [4.78, 5) is 16.4. The fourth-order valence-corrected chi connectivity index (χ4v) is 3.95. The van der Waals surface area contributed by atoms with Crippen LogP contribution in [0.4, 0.5) is 0 Å². The zero-order chi connectivity index (χ0) is 14.0. The lowest BCUT2D eigenvalue weighted by molar-refractivity contribution is -0.152. The van der Waals surface area contributed by atoms with Gasteiger partial charge in [-0.3, -0.25) is 4.79 Å². The summed E-state index contributed by atoms with van der Waals surface area (Å²) in [5, 5.41) is 9.65. The number of nitrogens with zero attached hydrogens (tertiary/aromatic N) is 2. The molecule has 0 aromatic carbocycles. The average Bonchev–Trinajstić information content (AvgIpc) is 2.71. The van der Waals surface area contributed by atoms with Gasteiger partial charge in [-0.2, -0.15) is 0 Å². The molecule has 1 aliphatic carbocycles. The average molecular weight is 268 g/mol. The molecule has 2 aliphatic rings. The fraction of sp³-hybridized carbons (Fsp3) is 0.933. The molecule has 19 heavy (non-hydrogen) atoms. The molecule has 0 aromatic heterocycles. The first kappa shape index (κ1) is 14.8. The molecule has 1 saturated carbocycles. The maximum Gasteiger partial charge on any atom is 0.310 e. The van der Waals surface area contributed by atoms with E-state index in [0.29, 0.717) is 12.0 Å². The van der Waals surface area contributed by atoms with Crippen LogP contribution in [-0.4, -0.2) is 60.6 Å². The molecule has 0 aromatic rings. The molecule has 0 spiro atoms. The molecule has 2 rings (SSSR count). The number of carboxylic acid groups (broad SMARTS) is 1. The second-order valence-corrected chi connectivity index (χ2v) is 6.85. The van der Waals surface area contributed by atoms with Gasteiger partial charge in [-0.25, -0.2) is 0 Å². The van der Waals surface area contributed by atoms with Crippen LogP contribution in [0, 0.1) is 11.3 Å². The standard InChI is InChI=1S/C15H28N2O2/c1-12-9-17(10-13(12)16(2)3)11-15(14(18)19)7-5-4-6-8-15/h12-13H,4-11H2,1-3H3,(H,18,19). The molecule has 0 amide bonds. The van der Waals surface area contributed by atoms with E-state index in [2.05, 4.69) is 30.8 Å². The van der Waals surface area contributed by atoms with Crippen molar-refractivity contribution < 1.29 is 9.90 Å². The predicted molar refractivity (Wildman–Crippen MR) is 76.2 cm³/mol. The number of hydrogen-bond acceptors (Lipinski definition) is 3. The fourth-order valence-electron chi connectivity index (χ4n) is 3.95. The molecule has 110 valence electrons. The van der Waals surface area contributed by atoms with E-state index in [1.807, 2.05) is 0 Å². The van der Waals surface area contributed by atoms with Gasteiger partial charge in [-0.05, 0) is 32.9 Å². The Kier molecular flexibility index (Phi) is 4.51. The molecule has 0 radical (unpaired) electrons. The SMILES string of the molecule is CC1CN(CC2(C(=O)O)CCCCC2)CC1N(C)C. The monoisotopic (exact) mass is 268 g/mol. The van der Waals surface area contributed by atoms with Crippen molar-refractivity contribution in [3.63, 3.8) is 0 Å². The molecule has 1 N–H and O–H groups in total. The van der Waals surface area contributed by atoms with Crippen molar-refractivity contribution in [1.29, 1.82) is 0 Å². The van der Waals surface area contributed by atoms with E-state index in [0.717, 1.165) is 45.3 Å². The van der Waals surface area contributed by atoms with Crippen LogP contribution in [-0.2, 0) is 4.79 Å². The van der Waals surface area contributed by atoms with E-state index >= 15 is 0 Å². The number of hydrogen-bond donors (Lipinski definition) is 1.